The van der Waals surface area contributed by atoms with E-state index in [1.54, 1.807) is 7.11 Å². The molecule has 0 aromatic heterocycles. The molecule has 0 radical (unpaired) electrons. The zero-order chi connectivity index (χ0) is 14.6. The summed E-state index contributed by atoms with van der Waals surface area (Å²) in [5.41, 5.74) is 3.08. The smallest absolute Gasteiger partial charge is 0.119 e. The third-order valence-electron chi connectivity index (χ3n) is 6.41. The lowest BCUT2D eigenvalue weighted by Crippen LogP contribution is -2.44. The van der Waals surface area contributed by atoms with Crippen LogP contribution in [-0.2, 0) is 6.42 Å². The van der Waals surface area contributed by atoms with Crippen LogP contribution < -0.4 is 4.74 Å². The standard InChI is InChI=1S/C19H24O2/c1-19-10-9-15-14-6-4-13(21-2)11-12(14)3-5-16(15)17(19)7-8-18(19)20/h4,6-8,11,15-18,20H,3,5,9-10H2,1-2H3/t15?,16?,17?,18?,19-/m0/s1. The van der Waals surface area contributed by atoms with E-state index in [9.17, 15) is 5.11 Å². The monoisotopic (exact) mass is 284 g/mol. The second-order valence-electron chi connectivity index (χ2n) is 7.27. The van der Waals surface area contributed by atoms with Crippen molar-refractivity contribution in [1.29, 1.82) is 0 Å². The largest absolute Gasteiger partial charge is 0.497 e. The number of ether oxygens (including phenoxy) is 1. The van der Waals surface area contributed by atoms with Gasteiger partial charge in [-0.1, -0.05) is 25.1 Å². The summed E-state index contributed by atoms with van der Waals surface area (Å²) in [7, 11) is 1.74. The van der Waals surface area contributed by atoms with Crippen LogP contribution in [0.1, 0.15) is 43.2 Å². The summed E-state index contributed by atoms with van der Waals surface area (Å²) in [6.07, 6.45) is 8.80. The number of rotatable bonds is 1. The number of fused-ring (bicyclic) bond motifs is 5. The second-order valence-corrected chi connectivity index (χ2v) is 7.27. The first kappa shape index (κ1) is 13.4. The molecule has 1 aromatic carbocycles. The summed E-state index contributed by atoms with van der Waals surface area (Å²) >= 11 is 0. The molecule has 0 spiro atoms. The Bertz CT molecular complexity index is 591. The Hall–Kier alpha value is -1.28. The van der Waals surface area contributed by atoms with Gasteiger partial charge in [0.1, 0.15) is 5.75 Å². The van der Waals surface area contributed by atoms with Gasteiger partial charge in [-0.15, -0.1) is 0 Å². The Labute approximate surface area is 126 Å². The van der Waals surface area contributed by atoms with Crippen LogP contribution >= 0.6 is 0 Å². The summed E-state index contributed by atoms with van der Waals surface area (Å²) in [4.78, 5) is 0. The minimum Gasteiger partial charge on any atom is -0.497 e. The van der Waals surface area contributed by atoms with Gasteiger partial charge in [-0.25, -0.2) is 0 Å². The quantitative estimate of drug-likeness (QED) is 0.797. The molecule has 0 bridgehead atoms. The maximum atomic E-state index is 10.3. The van der Waals surface area contributed by atoms with Crippen molar-refractivity contribution in [1.82, 2.24) is 0 Å². The molecule has 0 heterocycles. The summed E-state index contributed by atoms with van der Waals surface area (Å²) in [6.45, 7) is 2.28. The van der Waals surface area contributed by atoms with Crippen LogP contribution in [0.25, 0.3) is 0 Å². The van der Waals surface area contributed by atoms with Crippen LogP contribution in [0.15, 0.2) is 30.4 Å². The second kappa shape index (κ2) is 4.61. The number of benzene rings is 1. The number of aryl methyl sites for hydroxylation is 1. The van der Waals surface area contributed by atoms with Crippen LogP contribution in [0.2, 0.25) is 0 Å². The molecule has 3 aliphatic rings. The van der Waals surface area contributed by atoms with Gasteiger partial charge < -0.3 is 9.84 Å². The Morgan fingerprint density at radius 2 is 2.10 bits per heavy atom. The molecule has 0 amide bonds. The van der Waals surface area contributed by atoms with Gasteiger partial charge in [0.15, 0.2) is 0 Å². The van der Waals surface area contributed by atoms with Gasteiger partial charge in [0.2, 0.25) is 0 Å². The molecule has 2 heteroatoms. The molecule has 1 fully saturated rings. The molecule has 5 atom stereocenters. The van der Waals surface area contributed by atoms with Gasteiger partial charge in [-0.2, -0.15) is 0 Å². The van der Waals surface area contributed by atoms with Crippen LogP contribution in [0.3, 0.4) is 0 Å². The van der Waals surface area contributed by atoms with Crippen LogP contribution in [-0.4, -0.2) is 18.3 Å². The molecule has 21 heavy (non-hydrogen) atoms. The highest BCUT2D eigenvalue weighted by atomic mass is 16.5. The fourth-order valence-electron chi connectivity index (χ4n) is 5.12. The lowest BCUT2D eigenvalue weighted by molar-refractivity contribution is -0.0101. The van der Waals surface area contributed by atoms with E-state index in [2.05, 4.69) is 31.2 Å². The molecular formula is C19H24O2. The first-order valence-corrected chi connectivity index (χ1v) is 8.16. The summed E-state index contributed by atoms with van der Waals surface area (Å²) in [6, 6.07) is 6.61. The van der Waals surface area contributed by atoms with Crippen molar-refractivity contribution < 1.29 is 9.84 Å². The van der Waals surface area contributed by atoms with Gasteiger partial charge in [0.05, 0.1) is 13.2 Å². The average Bonchev–Trinajstić information content (AvgIpc) is 2.82. The number of hydrogen-bond donors (Lipinski definition) is 1. The van der Waals surface area contributed by atoms with Crippen molar-refractivity contribution in [2.45, 2.75) is 44.6 Å². The van der Waals surface area contributed by atoms with Crippen molar-refractivity contribution in [2.24, 2.45) is 17.3 Å². The van der Waals surface area contributed by atoms with E-state index in [0.717, 1.165) is 18.6 Å². The van der Waals surface area contributed by atoms with Crippen LogP contribution in [0.4, 0.5) is 0 Å². The lowest BCUT2D eigenvalue weighted by atomic mass is 9.55. The maximum Gasteiger partial charge on any atom is 0.119 e. The minimum absolute atomic E-state index is 0.0745. The molecule has 4 unspecified atom stereocenters. The van der Waals surface area contributed by atoms with E-state index in [4.69, 9.17) is 4.74 Å². The molecule has 4 rings (SSSR count). The van der Waals surface area contributed by atoms with E-state index < -0.39 is 0 Å². The highest BCUT2D eigenvalue weighted by Gasteiger charge is 2.52. The van der Waals surface area contributed by atoms with Gasteiger partial charge in [0, 0.05) is 5.41 Å². The number of aliphatic hydroxyl groups is 1. The lowest BCUT2D eigenvalue weighted by Gasteiger charge is -2.50. The molecule has 0 saturated heterocycles. The van der Waals surface area contributed by atoms with Gasteiger partial charge >= 0.3 is 0 Å². The Kier molecular flexibility index (Phi) is 2.94. The van der Waals surface area contributed by atoms with E-state index in [1.165, 1.54) is 24.0 Å². The SMILES string of the molecule is COc1ccc2c(c1)CCC1C2CC[C@]2(C)C(O)C=CC12. The Morgan fingerprint density at radius 1 is 1.24 bits per heavy atom. The number of hydrogen-bond acceptors (Lipinski definition) is 2. The molecule has 2 nitrogen and oxygen atoms in total. The average molecular weight is 284 g/mol. The first-order valence-electron chi connectivity index (χ1n) is 8.16. The predicted octanol–water partition coefficient (Wildman–Crippen LogP) is 3.69. The van der Waals surface area contributed by atoms with Crippen molar-refractivity contribution in [3.8, 4) is 5.75 Å². The van der Waals surface area contributed by atoms with Gasteiger partial charge in [0.25, 0.3) is 0 Å². The van der Waals surface area contributed by atoms with Crippen LogP contribution in [0.5, 0.6) is 5.75 Å². The van der Waals surface area contributed by atoms with Gasteiger partial charge in [-0.3, -0.25) is 0 Å². The maximum absolute atomic E-state index is 10.3. The van der Waals surface area contributed by atoms with Gasteiger partial charge in [-0.05, 0) is 66.7 Å². The van der Waals surface area contributed by atoms with Crippen LogP contribution in [0, 0.1) is 17.3 Å². The topological polar surface area (TPSA) is 29.5 Å². The number of aliphatic hydroxyl groups excluding tert-OH is 1. The summed E-state index contributed by atoms with van der Waals surface area (Å²) in [5, 5.41) is 10.3. The Morgan fingerprint density at radius 3 is 2.90 bits per heavy atom. The number of methoxy groups -OCH3 is 1. The third-order valence-corrected chi connectivity index (χ3v) is 6.41. The van der Waals surface area contributed by atoms with E-state index >= 15 is 0 Å². The van der Waals surface area contributed by atoms with Crippen molar-refractivity contribution in [3.05, 3.63) is 41.5 Å². The summed E-state index contributed by atoms with van der Waals surface area (Å²) in [5.74, 6) is 2.87. The molecule has 112 valence electrons. The van der Waals surface area contributed by atoms with Crippen molar-refractivity contribution in [2.75, 3.05) is 7.11 Å². The minimum atomic E-state index is -0.249. The normalized spacial score (nSPS) is 40.3. The van der Waals surface area contributed by atoms with E-state index in [-0.39, 0.29) is 11.5 Å². The fraction of sp³-hybridized carbons (Fsp3) is 0.579. The molecule has 3 aliphatic carbocycles. The third kappa shape index (κ3) is 1.81. The highest BCUT2D eigenvalue weighted by molar-refractivity contribution is 5.41. The predicted molar refractivity (Wildman–Crippen MR) is 83.5 cm³/mol. The fourth-order valence-corrected chi connectivity index (χ4v) is 5.12. The molecule has 1 saturated carbocycles. The molecule has 1 aromatic rings. The summed E-state index contributed by atoms with van der Waals surface area (Å²) < 4.78 is 5.37. The van der Waals surface area contributed by atoms with E-state index in [1.807, 2.05) is 6.08 Å². The molecular weight excluding hydrogens is 260 g/mol. The molecule has 0 aliphatic heterocycles. The first-order chi connectivity index (χ1) is 10.1. The Balaban J connectivity index is 1.70. The number of allylic oxidation sites excluding steroid dienone is 1. The molecule has 1 N–H and O–H groups in total. The van der Waals surface area contributed by atoms with Crippen molar-refractivity contribution >= 4 is 0 Å². The van der Waals surface area contributed by atoms with Crippen molar-refractivity contribution in [3.63, 3.8) is 0 Å². The highest BCUT2D eigenvalue weighted by Crippen LogP contribution is 2.58. The zero-order valence-electron chi connectivity index (χ0n) is 12.9. The zero-order valence-corrected chi connectivity index (χ0v) is 12.9. The van der Waals surface area contributed by atoms with E-state index in [0.29, 0.717) is 17.8 Å².